The van der Waals surface area contributed by atoms with Gasteiger partial charge in [-0.1, -0.05) is 25.5 Å². The number of nitrogens with zero attached hydrogens (tertiary/aromatic N) is 2. The van der Waals surface area contributed by atoms with Gasteiger partial charge in [0, 0.05) is 31.9 Å². The molecule has 0 unspecified atom stereocenters. The predicted octanol–water partition coefficient (Wildman–Crippen LogP) is 3.62. The van der Waals surface area contributed by atoms with Gasteiger partial charge >= 0.3 is 0 Å². The second kappa shape index (κ2) is 9.67. The summed E-state index contributed by atoms with van der Waals surface area (Å²) in [6, 6.07) is 11.6. The molecule has 5 heteroatoms. The first-order valence-corrected chi connectivity index (χ1v) is 8.72. The van der Waals surface area contributed by atoms with Crippen LogP contribution in [-0.4, -0.2) is 43.0 Å². The number of ether oxygens (including phenoxy) is 1. The van der Waals surface area contributed by atoms with E-state index in [2.05, 4.69) is 23.3 Å². The Labute approximate surface area is 150 Å². The van der Waals surface area contributed by atoms with E-state index in [-0.39, 0.29) is 5.91 Å². The summed E-state index contributed by atoms with van der Waals surface area (Å²) in [6.07, 6.45) is 4.62. The number of pyridine rings is 1. The molecule has 0 saturated carbocycles. The zero-order valence-corrected chi connectivity index (χ0v) is 15.3. The third-order valence-corrected chi connectivity index (χ3v) is 4.05. The van der Waals surface area contributed by atoms with Crippen LogP contribution in [0.1, 0.15) is 35.7 Å². The van der Waals surface area contributed by atoms with Crippen LogP contribution < -0.4 is 10.1 Å². The van der Waals surface area contributed by atoms with Crippen molar-refractivity contribution < 1.29 is 9.53 Å². The molecule has 0 bridgehead atoms. The molecule has 0 radical (unpaired) electrons. The Hall–Kier alpha value is -2.56. The molecule has 1 aromatic heterocycles. The Morgan fingerprint density at radius 2 is 2.12 bits per heavy atom. The summed E-state index contributed by atoms with van der Waals surface area (Å²) in [7, 11) is 3.51. The van der Waals surface area contributed by atoms with Crippen molar-refractivity contribution in [3.8, 4) is 5.75 Å². The fraction of sp³-hybridized carbons (Fsp3) is 0.400. The lowest BCUT2D eigenvalue weighted by atomic mass is 10.1. The van der Waals surface area contributed by atoms with E-state index in [1.165, 1.54) is 5.56 Å². The molecule has 2 rings (SSSR count). The molecule has 1 amide bonds. The topological polar surface area (TPSA) is 54.5 Å². The molecule has 134 valence electrons. The summed E-state index contributed by atoms with van der Waals surface area (Å²) in [4.78, 5) is 18.5. The number of rotatable bonds is 9. The van der Waals surface area contributed by atoms with Crippen molar-refractivity contribution in [1.29, 1.82) is 0 Å². The lowest BCUT2D eigenvalue weighted by Crippen LogP contribution is -2.27. The van der Waals surface area contributed by atoms with Crippen LogP contribution in [0, 0.1) is 0 Å². The van der Waals surface area contributed by atoms with Crippen LogP contribution >= 0.6 is 0 Å². The highest BCUT2D eigenvalue weighted by Gasteiger charge is 2.11. The minimum absolute atomic E-state index is 0.0340. The molecule has 1 aromatic carbocycles. The molecular formula is C20H27N3O2. The first-order chi connectivity index (χ1) is 12.1. The number of benzene rings is 1. The lowest BCUT2D eigenvalue weighted by molar-refractivity contribution is 0.0793. The maximum atomic E-state index is 12.4. The highest BCUT2D eigenvalue weighted by atomic mass is 16.5. The van der Waals surface area contributed by atoms with Gasteiger partial charge in [0.05, 0.1) is 7.11 Å². The van der Waals surface area contributed by atoms with Crippen LogP contribution in [0.4, 0.5) is 5.82 Å². The van der Waals surface area contributed by atoms with E-state index in [0.29, 0.717) is 5.56 Å². The lowest BCUT2D eigenvalue weighted by Gasteiger charge is -2.17. The summed E-state index contributed by atoms with van der Waals surface area (Å²) in [6.45, 7) is 3.63. The standard InChI is InChI=1S/C20H27N3O2/c1-4-5-13-23(2)20(24)17-10-12-22-19(15-17)21-11-9-16-7-6-8-18(14-16)25-3/h6-8,10,12,14-15H,4-5,9,11,13H2,1-3H3,(H,21,22). The van der Waals surface area contributed by atoms with E-state index in [4.69, 9.17) is 4.74 Å². The van der Waals surface area contributed by atoms with Crippen LogP contribution in [0.2, 0.25) is 0 Å². The highest BCUT2D eigenvalue weighted by molar-refractivity contribution is 5.94. The summed E-state index contributed by atoms with van der Waals surface area (Å²) in [5, 5.41) is 3.29. The van der Waals surface area contributed by atoms with Gasteiger partial charge in [-0.3, -0.25) is 4.79 Å². The van der Waals surface area contributed by atoms with Crippen molar-refractivity contribution in [3.63, 3.8) is 0 Å². The number of nitrogens with one attached hydrogen (secondary N) is 1. The first kappa shape index (κ1) is 18.8. The van der Waals surface area contributed by atoms with Crippen molar-refractivity contribution in [2.75, 3.05) is 32.6 Å². The fourth-order valence-electron chi connectivity index (χ4n) is 2.54. The summed E-state index contributed by atoms with van der Waals surface area (Å²) >= 11 is 0. The molecule has 1 N–H and O–H groups in total. The average Bonchev–Trinajstić information content (AvgIpc) is 2.66. The van der Waals surface area contributed by atoms with Gasteiger partial charge in [0.25, 0.3) is 5.91 Å². The summed E-state index contributed by atoms with van der Waals surface area (Å²) in [5.74, 6) is 1.61. The van der Waals surface area contributed by atoms with Gasteiger partial charge < -0.3 is 15.0 Å². The monoisotopic (exact) mass is 341 g/mol. The van der Waals surface area contributed by atoms with Crippen LogP contribution in [0.25, 0.3) is 0 Å². The number of aromatic nitrogens is 1. The molecule has 25 heavy (non-hydrogen) atoms. The number of amides is 1. The van der Waals surface area contributed by atoms with Crippen molar-refractivity contribution in [2.45, 2.75) is 26.2 Å². The number of hydrogen-bond acceptors (Lipinski definition) is 4. The zero-order chi connectivity index (χ0) is 18.1. The van der Waals surface area contributed by atoms with Gasteiger partial charge in [-0.25, -0.2) is 4.98 Å². The second-order valence-electron chi connectivity index (χ2n) is 6.04. The number of anilines is 1. The molecule has 0 atom stereocenters. The molecular weight excluding hydrogens is 314 g/mol. The number of unbranched alkanes of at least 4 members (excludes halogenated alkanes) is 1. The normalized spacial score (nSPS) is 10.4. The van der Waals surface area contributed by atoms with Crippen molar-refractivity contribution >= 4 is 11.7 Å². The Bertz CT molecular complexity index is 688. The van der Waals surface area contributed by atoms with E-state index in [0.717, 1.165) is 43.9 Å². The van der Waals surface area contributed by atoms with E-state index in [1.807, 2.05) is 31.3 Å². The van der Waals surface area contributed by atoms with Gasteiger partial charge in [-0.05, 0) is 42.7 Å². The molecule has 0 aliphatic rings. The van der Waals surface area contributed by atoms with Crippen molar-refractivity contribution in [2.24, 2.45) is 0 Å². The Kier molecular flexibility index (Phi) is 7.26. The number of carbonyl (C=O) groups excluding carboxylic acids is 1. The predicted molar refractivity (Wildman–Crippen MR) is 101 cm³/mol. The molecule has 1 heterocycles. The third-order valence-electron chi connectivity index (χ3n) is 4.05. The van der Waals surface area contributed by atoms with E-state index >= 15 is 0 Å². The number of hydrogen-bond donors (Lipinski definition) is 1. The number of carbonyl (C=O) groups is 1. The summed E-state index contributed by atoms with van der Waals surface area (Å²) in [5.41, 5.74) is 1.86. The minimum Gasteiger partial charge on any atom is -0.497 e. The van der Waals surface area contributed by atoms with E-state index in [9.17, 15) is 4.79 Å². The maximum Gasteiger partial charge on any atom is 0.253 e. The largest absolute Gasteiger partial charge is 0.497 e. The van der Waals surface area contributed by atoms with Crippen LogP contribution in [0.3, 0.4) is 0 Å². The van der Waals surface area contributed by atoms with Crippen LogP contribution in [0.5, 0.6) is 5.75 Å². The fourth-order valence-corrected chi connectivity index (χ4v) is 2.54. The van der Waals surface area contributed by atoms with Gasteiger partial charge in [0.1, 0.15) is 11.6 Å². The minimum atomic E-state index is 0.0340. The molecule has 0 aliphatic heterocycles. The SMILES string of the molecule is CCCCN(C)C(=O)c1ccnc(NCCc2cccc(OC)c2)c1. The molecule has 0 spiro atoms. The molecule has 0 fully saturated rings. The first-order valence-electron chi connectivity index (χ1n) is 8.72. The van der Waals surface area contributed by atoms with Crippen molar-refractivity contribution in [3.05, 3.63) is 53.7 Å². The average molecular weight is 341 g/mol. The highest BCUT2D eigenvalue weighted by Crippen LogP contribution is 2.14. The van der Waals surface area contributed by atoms with E-state index in [1.54, 1.807) is 24.3 Å². The van der Waals surface area contributed by atoms with Gasteiger partial charge in [0.15, 0.2) is 0 Å². The molecule has 5 nitrogen and oxygen atoms in total. The third kappa shape index (κ3) is 5.78. The van der Waals surface area contributed by atoms with Gasteiger partial charge in [0.2, 0.25) is 0 Å². The molecule has 2 aromatic rings. The van der Waals surface area contributed by atoms with Gasteiger partial charge in [-0.2, -0.15) is 0 Å². The van der Waals surface area contributed by atoms with Crippen LogP contribution in [0.15, 0.2) is 42.6 Å². The smallest absolute Gasteiger partial charge is 0.253 e. The Morgan fingerprint density at radius 3 is 2.88 bits per heavy atom. The Balaban J connectivity index is 1.91. The quantitative estimate of drug-likeness (QED) is 0.757. The van der Waals surface area contributed by atoms with Crippen LogP contribution in [-0.2, 0) is 6.42 Å². The molecule has 0 aliphatic carbocycles. The second-order valence-corrected chi connectivity index (χ2v) is 6.04. The van der Waals surface area contributed by atoms with Gasteiger partial charge in [-0.15, -0.1) is 0 Å². The summed E-state index contributed by atoms with van der Waals surface area (Å²) < 4.78 is 5.24. The zero-order valence-electron chi connectivity index (χ0n) is 15.3. The Morgan fingerprint density at radius 1 is 1.28 bits per heavy atom. The number of methoxy groups -OCH3 is 1. The van der Waals surface area contributed by atoms with Crippen molar-refractivity contribution in [1.82, 2.24) is 9.88 Å². The maximum absolute atomic E-state index is 12.4. The van der Waals surface area contributed by atoms with E-state index < -0.39 is 0 Å². The molecule has 0 saturated heterocycles.